The Labute approximate surface area is 112 Å². The van der Waals surface area contributed by atoms with Crippen LogP contribution in [0.25, 0.3) is 0 Å². The lowest BCUT2D eigenvalue weighted by Crippen LogP contribution is -2.23. The molecule has 0 aliphatic rings. The van der Waals surface area contributed by atoms with E-state index in [1.165, 1.54) is 17.5 Å². The molecule has 2 heteroatoms. The third-order valence-electron chi connectivity index (χ3n) is 3.16. The highest BCUT2D eigenvalue weighted by molar-refractivity contribution is 5.26. The van der Waals surface area contributed by atoms with Crippen LogP contribution >= 0.6 is 0 Å². The van der Waals surface area contributed by atoms with Gasteiger partial charge in [-0.1, -0.05) is 38.1 Å². The summed E-state index contributed by atoms with van der Waals surface area (Å²) in [4.78, 5) is 0. The minimum absolute atomic E-state index is 0.419. The first kappa shape index (κ1) is 15.2. The van der Waals surface area contributed by atoms with E-state index in [2.05, 4.69) is 43.4 Å². The zero-order chi connectivity index (χ0) is 13.2. The Bertz CT molecular complexity index is 325. The second kappa shape index (κ2) is 9.12. The van der Waals surface area contributed by atoms with Gasteiger partial charge in [-0.2, -0.15) is 0 Å². The minimum atomic E-state index is 0.419. The molecular weight excluding hydrogens is 222 g/mol. The zero-order valence-electron chi connectivity index (χ0n) is 12.0. The Hall–Kier alpha value is -0.860. The molecule has 1 N–H and O–H groups in total. The van der Waals surface area contributed by atoms with Gasteiger partial charge in [0.05, 0.1) is 0 Å². The van der Waals surface area contributed by atoms with Crippen molar-refractivity contribution in [3.63, 3.8) is 0 Å². The van der Waals surface area contributed by atoms with Crippen molar-refractivity contribution in [2.24, 2.45) is 0 Å². The number of benzene rings is 1. The molecule has 2 nitrogen and oxygen atoms in total. The first-order chi connectivity index (χ1) is 8.81. The van der Waals surface area contributed by atoms with E-state index in [9.17, 15) is 0 Å². The summed E-state index contributed by atoms with van der Waals surface area (Å²) in [7, 11) is 0. The van der Waals surface area contributed by atoms with Crippen molar-refractivity contribution in [3.05, 3.63) is 35.4 Å². The molecule has 0 bridgehead atoms. The van der Waals surface area contributed by atoms with Crippen LogP contribution in [0.5, 0.6) is 0 Å². The summed E-state index contributed by atoms with van der Waals surface area (Å²) in [6.45, 7) is 9.14. The molecule has 0 radical (unpaired) electrons. The molecule has 18 heavy (non-hydrogen) atoms. The SMILES string of the molecule is CCCNC(CCOCC)c1cccc(CC)c1. The van der Waals surface area contributed by atoms with E-state index in [1.807, 2.05) is 6.92 Å². The number of rotatable bonds is 9. The smallest absolute Gasteiger partial charge is 0.0484 e. The fourth-order valence-electron chi connectivity index (χ4n) is 2.08. The molecule has 1 aromatic carbocycles. The number of hydrogen-bond donors (Lipinski definition) is 1. The van der Waals surface area contributed by atoms with Crippen LogP contribution in [0.2, 0.25) is 0 Å². The molecule has 1 rings (SSSR count). The van der Waals surface area contributed by atoms with E-state index in [-0.39, 0.29) is 0 Å². The first-order valence-corrected chi connectivity index (χ1v) is 7.21. The fourth-order valence-corrected chi connectivity index (χ4v) is 2.08. The van der Waals surface area contributed by atoms with E-state index < -0.39 is 0 Å². The summed E-state index contributed by atoms with van der Waals surface area (Å²) in [5.41, 5.74) is 2.80. The monoisotopic (exact) mass is 249 g/mol. The lowest BCUT2D eigenvalue weighted by atomic mass is 10.0. The molecule has 0 fully saturated rings. The lowest BCUT2D eigenvalue weighted by molar-refractivity contribution is 0.136. The zero-order valence-corrected chi connectivity index (χ0v) is 12.0. The van der Waals surface area contributed by atoms with Gasteiger partial charge in [-0.3, -0.25) is 0 Å². The highest BCUT2D eigenvalue weighted by Gasteiger charge is 2.10. The van der Waals surface area contributed by atoms with Gasteiger partial charge in [0.15, 0.2) is 0 Å². The highest BCUT2D eigenvalue weighted by Crippen LogP contribution is 2.18. The number of ether oxygens (including phenoxy) is 1. The topological polar surface area (TPSA) is 21.3 Å². The molecule has 0 amide bonds. The normalized spacial score (nSPS) is 12.6. The number of nitrogens with one attached hydrogen (secondary N) is 1. The minimum Gasteiger partial charge on any atom is -0.382 e. The summed E-state index contributed by atoms with van der Waals surface area (Å²) in [5, 5.41) is 3.62. The Morgan fingerprint density at radius 3 is 2.72 bits per heavy atom. The Balaban J connectivity index is 2.66. The van der Waals surface area contributed by atoms with Crippen LogP contribution in [0.15, 0.2) is 24.3 Å². The van der Waals surface area contributed by atoms with Crippen LogP contribution in [-0.4, -0.2) is 19.8 Å². The maximum absolute atomic E-state index is 5.48. The van der Waals surface area contributed by atoms with Crippen molar-refractivity contribution < 1.29 is 4.74 Å². The molecule has 0 saturated heterocycles. The number of hydrogen-bond acceptors (Lipinski definition) is 2. The van der Waals surface area contributed by atoms with Crippen molar-refractivity contribution in [3.8, 4) is 0 Å². The molecule has 0 aliphatic heterocycles. The Morgan fingerprint density at radius 2 is 2.06 bits per heavy atom. The first-order valence-electron chi connectivity index (χ1n) is 7.21. The van der Waals surface area contributed by atoms with E-state index in [0.717, 1.165) is 32.6 Å². The molecule has 102 valence electrons. The summed E-state index contributed by atoms with van der Waals surface area (Å²) >= 11 is 0. The van der Waals surface area contributed by atoms with Gasteiger partial charge in [-0.25, -0.2) is 0 Å². The van der Waals surface area contributed by atoms with Gasteiger partial charge in [0.2, 0.25) is 0 Å². The van der Waals surface area contributed by atoms with Gasteiger partial charge in [0.1, 0.15) is 0 Å². The van der Waals surface area contributed by atoms with Gasteiger partial charge >= 0.3 is 0 Å². The Kier molecular flexibility index (Phi) is 7.70. The molecule has 0 heterocycles. The van der Waals surface area contributed by atoms with Crippen molar-refractivity contribution in [2.75, 3.05) is 19.8 Å². The highest BCUT2D eigenvalue weighted by atomic mass is 16.5. The van der Waals surface area contributed by atoms with Crippen LogP contribution in [-0.2, 0) is 11.2 Å². The van der Waals surface area contributed by atoms with Crippen LogP contribution in [0.1, 0.15) is 50.8 Å². The molecule has 1 aromatic rings. The van der Waals surface area contributed by atoms with Gasteiger partial charge in [0.25, 0.3) is 0 Å². The summed E-state index contributed by atoms with van der Waals surface area (Å²) in [6, 6.07) is 9.32. The summed E-state index contributed by atoms with van der Waals surface area (Å²) in [6.07, 6.45) is 3.30. The van der Waals surface area contributed by atoms with Crippen molar-refractivity contribution >= 4 is 0 Å². The van der Waals surface area contributed by atoms with Gasteiger partial charge in [-0.05, 0) is 43.9 Å². The second-order valence-corrected chi connectivity index (χ2v) is 4.59. The van der Waals surface area contributed by atoms with Crippen LogP contribution in [0.3, 0.4) is 0 Å². The largest absolute Gasteiger partial charge is 0.382 e. The second-order valence-electron chi connectivity index (χ2n) is 4.59. The maximum Gasteiger partial charge on any atom is 0.0484 e. The maximum atomic E-state index is 5.48. The molecule has 1 atom stereocenters. The average Bonchev–Trinajstić information content (AvgIpc) is 2.42. The predicted octanol–water partition coefficient (Wildman–Crippen LogP) is 3.72. The average molecular weight is 249 g/mol. The van der Waals surface area contributed by atoms with Gasteiger partial charge in [0, 0.05) is 19.3 Å². The lowest BCUT2D eigenvalue weighted by Gasteiger charge is -2.19. The molecule has 0 aromatic heterocycles. The van der Waals surface area contributed by atoms with Crippen LogP contribution < -0.4 is 5.32 Å². The van der Waals surface area contributed by atoms with E-state index in [1.54, 1.807) is 0 Å². The standard InChI is InChI=1S/C16H27NO/c1-4-11-17-16(10-12-18-6-3)15-9-7-8-14(5-2)13-15/h7-9,13,16-17H,4-6,10-12H2,1-3H3. The van der Waals surface area contributed by atoms with E-state index in [4.69, 9.17) is 4.74 Å². The third-order valence-corrected chi connectivity index (χ3v) is 3.16. The van der Waals surface area contributed by atoms with Crippen molar-refractivity contribution in [2.45, 2.75) is 46.1 Å². The third kappa shape index (κ3) is 5.19. The molecular formula is C16H27NO. The fraction of sp³-hybridized carbons (Fsp3) is 0.625. The van der Waals surface area contributed by atoms with Crippen LogP contribution in [0.4, 0.5) is 0 Å². The molecule has 0 aliphatic carbocycles. The van der Waals surface area contributed by atoms with Crippen LogP contribution in [0, 0.1) is 0 Å². The summed E-state index contributed by atoms with van der Waals surface area (Å²) < 4.78 is 5.48. The van der Waals surface area contributed by atoms with E-state index >= 15 is 0 Å². The molecule has 0 spiro atoms. The molecule has 0 saturated carbocycles. The van der Waals surface area contributed by atoms with Gasteiger partial charge in [-0.15, -0.1) is 0 Å². The van der Waals surface area contributed by atoms with Crippen molar-refractivity contribution in [1.82, 2.24) is 5.32 Å². The molecule has 1 unspecified atom stereocenters. The number of aryl methyl sites for hydroxylation is 1. The van der Waals surface area contributed by atoms with E-state index in [0.29, 0.717) is 6.04 Å². The van der Waals surface area contributed by atoms with Gasteiger partial charge < -0.3 is 10.1 Å². The quantitative estimate of drug-likeness (QED) is 0.674. The van der Waals surface area contributed by atoms with Crippen molar-refractivity contribution in [1.29, 1.82) is 0 Å². The Morgan fingerprint density at radius 1 is 1.22 bits per heavy atom. The predicted molar refractivity (Wildman–Crippen MR) is 78.0 cm³/mol. The summed E-state index contributed by atoms with van der Waals surface area (Å²) in [5.74, 6) is 0.